The van der Waals surface area contributed by atoms with E-state index >= 15 is 0 Å². The van der Waals surface area contributed by atoms with Crippen LogP contribution >= 0.6 is 0 Å². The van der Waals surface area contributed by atoms with Gasteiger partial charge in [0.2, 0.25) is 5.91 Å². The van der Waals surface area contributed by atoms with Crippen molar-refractivity contribution in [3.8, 4) is 0 Å². The van der Waals surface area contributed by atoms with Crippen molar-refractivity contribution in [3.05, 3.63) is 59.7 Å². The molecule has 0 saturated heterocycles. The van der Waals surface area contributed by atoms with Crippen molar-refractivity contribution in [2.45, 2.75) is 39.5 Å². The first-order valence-electron chi connectivity index (χ1n) is 10.5. The molecule has 2 amide bonds. The summed E-state index contributed by atoms with van der Waals surface area (Å²) >= 11 is 0. The Morgan fingerprint density at radius 1 is 0.844 bits per heavy atom. The molecule has 0 aromatic heterocycles. The first-order chi connectivity index (χ1) is 15.4. The van der Waals surface area contributed by atoms with Crippen LogP contribution in [0, 0.1) is 6.92 Å². The summed E-state index contributed by atoms with van der Waals surface area (Å²) in [6.07, 6.45) is 1.48. The van der Waals surface area contributed by atoms with Crippen LogP contribution < -0.4 is 10.6 Å². The van der Waals surface area contributed by atoms with Crippen molar-refractivity contribution in [1.82, 2.24) is 0 Å². The monoisotopic (exact) mass is 440 g/mol. The maximum absolute atomic E-state index is 12.0. The lowest BCUT2D eigenvalue weighted by molar-refractivity contribution is -0.147. The second-order valence-corrected chi connectivity index (χ2v) is 7.19. The number of ether oxygens (including phenoxy) is 2. The van der Waals surface area contributed by atoms with Gasteiger partial charge in [-0.15, -0.1) is 0 Å². The molecule has 170 valence electrons. The number of hydrogen-bond acceptors (Lipinski definition) is 6. The standard InChI is InChI=1S/C24H28N2O6/c1-3-4-14-31-24(30)18-8-10-19(11-9-18)25-21(27)12-13-23(29)32-16-22(28)26-20-7-5-6-17(2)15-20/h5-11,15H,3-4,12-14,16H2,1-2H3,(H,25,27)(H,26,28). The first-order valence-corrected chi connectivity index (χ1v) is 10.5. The molecule has 0 aliphatic carbocycles. The minimum absolute atomic E-state index is 0.0981. The summed E-state index contributed by atoms with van der Waals surface area (Å²) in [5, 5.41) is 5.27. The molecule has 0 fully saturated rings. The average molecular weight is 440 g/mol. The summed E-state index contributed by atoms with van der Waals surface area (Å²) in [6.45, 7) is 3.86. The first kappa shape index (κ1) is 24.6. The molecule has 0 saturated carbocycles. The molecule has 0 aliphatic rings. The lowest BCUT2D eigenvalue weighted by atomic mass is 10.2. The number of benzene rings is 2. The Kier molecular flexibility index (Phi) is 9.90. The van der Waals surface area contributed by atoms with Crippen LogP contribution in [0.25, 0.3) is 0 Å². The summed E-state index contributed by atoms with van der Waals surface area (Å²) in [4.78, 5) is 47.6. The fourth-order valence-electron chi connectivity index (χ4n) is 2.66. The molecule has 0 unspecified atom stereocenters. The Morgan fingerprint density at radius 2 is 1.56 bits per heavy atom. The van der Waals surface area contributed by atoms with Gasteiger partial charge in [0.25, 0.3) is 5.91 Å². The number of aryl methyl sites for hydroxylation is 1. The maximum atomic E-state index is 12.0. The van der Waals surface area contributed by atoms with Gasteiger partial charge >= 0.3 is 11.9 Å². The minimum Gasteiger partial charge on any atom is -0.462 e. The molecule has 0 atom stereocenters. The van der Waals surface area contributed by atoms with Gasteiger partial charge in [-0.1, -0.05) is 25.5 Å². The van der Waals surface area contributed by atoms with Crippen molar-refractivity contribution >= 4 is 35.1 Å². The third-order valence-electron chi connectivity index (χ3n) is 4.36. The van der Waals surface area contributed by atoms with Crippen LogP contribution in [0.3, 0.4) is 0 Å². The van der Waals surface area contributed by atoms with E-state index in [1.54, 1.807) is 36.4 Å². The summed E-state index contributed by atoms with van der Waals surface area (Å²) in [7, 11) is 0. The third-order valence-corrected chi connectivity index (χ3v) is 4.36. The molecule has 0 radical (unpaired) electrons. The van der Waals surface area contributed by atoms with Crippen LogP contribution in [0.15, 0.2) is 48.5 Å². The predicted octanol–water partition coefficient (Wildman–Crippen LogP) is 3.85. The van der Waals surface area contributed by atoms with Gasteiger partial charge in [-0.2, -0.15) is 0 Å². The van der Waals surface area contributed by atoms with Crippen LogP contribution in [-0.4, -0.2) is 37.0 Å². The highest BCUT2D eigenvalue weighted by molar-refractivity contribution is 5.95. The largest absolute Gasteiger partial charge is 0.462 e. The Morgan fingerprint density at radius 3 is 2.25 bits per heavy atom. The SMILES string of the molecule is CCCCOC(=O)c1ccc(NC(=O)CCC(=O)OCC(=O)Nc2cccc(C)c2)cc1. The van der Waals surface area contributed by atoms with Crippen LogP contribution in [0.5, 0.6) is 0 Å². The molecule has 2 N–H and O–H groups in total. The second kappa shape index (κ2) is 12.9. The highest BCUT2D eigenvalue weighted by Gasteiger charge is 2.12. The Hall–Kier alpha value is -3.68. The number of carbonyl (C=O) groups is 4. The van der Waals surface area contributed by atoms with E-state index in [2.05, 4.69) is 10.6 Å². The smallest absolute Gasteiger partial charge is 0.338 e. The number of carbonyl (C=O) groups excluding carboxylic acids is 4. The average Bonchev–Trinajstić information content (AvgIpc) is 2.77. The molecule has 8 heteroatoms. The number of hydrogen-bond donors (Lipinski definition) is 2. The van der Waals surface area contributed by atoms with Gasteiger partial charge in [0.15, 0.2) is 6.61 Å². The Labute approximate surface area is 187 Å². The maximum Gasteiger partial charge on any atom is 0.338 e. The molecule has 2 aromatic rings. The van der Waals surface area contributed by atoms with Crippen molar-refractivity contribution in [1.29, 1.82) is 0 Å². The molecule has 8 nitrogen and oxygen atoms in total. The molecule has 0 bridgehead atoms. The minimum atomic E-state index is -0.648. The summed E-state index contributed by atoms with van der Waals surface area (Å²) in [5.41, 5.74) is 2.50. The molecule has 2 rings (SSSR count). The van der Waals surface area contributed by atoms with Crippen molar-refractivity contribution in [3.63, 3.8) is 0 Å². The van der Waals surface area contributed by atoms with Crippen molar-refractivity contribution in [2.75, 3.05) is 23.8 Å². The van der Waals surface area contributed by atoms with Gasteiger partial charge in [-0.25, -0.2) is 4.79 Å². The number of nitrogens with one attached hydrogen (secondary N) is 2. The molecular weight excluding hydrogens is 412 g/mol. The highest BCUT2D eigenvalue weighted by Crippen LogP contribution is 2.12. The van der Waals surface area contributed by atoms with Gasteiger partial charge in [0, 0.05) is 17.8 Å². The van der Waals surface area contributed by atoms with Gasteiger partial charge in [0.1, 0.15) is 0 Å². The van der Waals surface area contributed by atoms with E-state index in [-0.39, 0.29) is 18.7 Å². The molecule has 0 aliphatic heterocycles. The summed E-state index contributed by atoms with van der Waals surface area (Å²) < 4.78 is 10.0. The van der Waals surface area contributed by atoms with Gasteiger partial charge < -0.3 is 20.1 Å². The number of anilines is 2. The quantitative estimate of drug-likeness (QED) is 0.406. The van der Waals surface area contributed by atoms with Crippen molar-refractivity contribution < 1.29 is 28.7 Å². The van der Waals surface area contributed by atoms with E-state index in [9.17, 15) is 19.2 Å². The lowest BCUT2D eigenvalue weighted by Gasteiger charge is -2.08. The predicted molar refractivity (Wildman–Crippen MR) is 120 cm³/mol. The van der Waals surface area contributed by atoms with Gasteiger partial charge in [-0.05, 0) is 55.3 Å². The second-order valence-electron chi connectivity index (χ2n) is 7.19. The molecule has 32 heavy (non-hydrogen) atoms. The zero-order chi connectivity index (χ0) is 23.3. The van der Waals surface area contributed by atoms with E-state index in [0.717, 1.165) is 18.4 Å². The highest BCUT2D eigenvalue weighted by atomic mass is 16.5. The van der Waals surface area contributed by atoms with E-state index < -0.39 is 24.5 Å². The van der Waals surface area contributed by atoms with Gasteiger partial charge in [0.05, 0.1) is 18.6 Å². The Bertz CT molecular complexity index is 940. The third kappa shape index (κ3) is 8.99. The fraction of sp³-hybridized carbons (Fsp3) is 0.333. The van der Waals surface area contributed by atoms with Crippen molar-refractivity contribution in [2.24, 2.45) is 0 Å². The lowest BCUT2D eigenvalue weighted by Crippen LogP contribution is -2.21. The van der Waals surface area contributed by atoms with E-state index in [1.165, 1.54) is 0 Å². The molecular formula is C24H28N2O6. The normalized spacial score (nSPS) is 10.2. The van der Waals surface area contributed by atoms with E-state index in [1.807, 2.05) is 26.0 Å². The summed E-state index contributed by atoms with van der Waals surface area (Å²) in [5.74, 6) is -1.90. The number of amides is 2. The van der Waals surface area contributed by atoms with Crippen LogP contribution in [0.2, 0.25) is 0 Å². The molecule has 0 spiro atoms. The topological polar surface area (TPSA) is 111 Å². The van der Waals surface area contributed by atoms with Crippen LogP contribution in [0.1, 0.15) is 48.5 Å². The fourth-order valence-corrected chi connectivity index (χ4v) is 2.66. The number of esters is 2. The van der Waals surface area contributed by atoms with Crippen LogP contribution in [0.4, 0.5) is 11.4 Å². The number of unbranched alkanes of at least 4 members (excludes halogenated alkanes) is 1. The number of rotatable bonds is 11. The molecule has 2 aromatic carbocycles. The van der Waals surface area contributed by atoms with E-state index in [4.69, 9.17) is 9.47 Å². The van der Waals surface area contributed by atoms with E-state index in [0.29, 0.717) is 23.5 Å². The van der Waals surface area contributed by atoms with Crippen LogP contribution in [-0.2, 0) is 23.9 Å². The van der Waals surface area contributed by atoms with Gasteiger partial charge in [-0.3, -0.25) is 14.4 Å². The molecule has 0 heterocycles. The summed E-state index contributed by atoms with van der Waals surface area (Å²) in [6, 6.07) is 13.5. The zero-order valence-corrected chi connectivity index (χ0v) is 18.3. The Balaban J connectivity index is 1.68. The zero-order valence-electron chi connectivity index (χ0n) is 18.3.